The SMILES string of the molecule is C=CCN(C)Cc1cnc(C(OC)(c2nccn2-c2ccccc2OC)c2ncc(CN(C)CC=C)n2C)n1C. The number of benzene rings is 1. The molecule has 10 heteroatoms. The van der Waals surface area contributed by atoms with Gasteiger partial charge in [-0.3, -0.25) is 14.4 Å². The summed E-state index contributed by atoms with van der Waals surface area (Å²) < 4.78 is 18.4. The van der Waals surface area contributed by atoms with Gasteiger partial charge in [-0.05, 0) is 26.2 Å². The molecule has 40 heavy (non-hydrogen) atoms. The van der Waals surface area contributed by atoms with E-state index in [1.165, 1.54) is 0 Å². The zero-order chi connectivity index (χ0) is 28.9. The monoisotopic (exact) mass is 544 g/mol. The van der Waals surface area contributed by atoms with Crippen LogP contribution in [0.4, 0.5) is 0 Å². The van der Waals surface area contributed by atoms with Crippen LogP contribution in [-0.4, -0.2) is 79.9 Å². The van der Waals surface area contributed by atoms with Gasteiger partial charge in [-0.25, -0.2) is 15.0 Å². The fraction of sp³-hybridized carbons (Fsp3) is 0.367. The summed E-state index contributed by atoms with van der Waals surface area (Å²) >= 11 is 0. The van der Waals surface area contributed by atoms with Gasteiger partial charge in [0.05, 0.1) is 24.2 Å². The highest BCUT2D eigenvalue weighted by Crippen LogP contribution is 2.40. The first-order valence-electron chi connectivity index (χ1n) is 13.2. The molecule has 0 aliphatic rings. The molecule has 0 saturated heterocycles. The van der Waals surface area contributed by atoms with Gasteiger partial charge in [0, 0.05) is 72.2 Å². The Bertz CT molecular complexity index is 1390. The Balaban J connectivity index is 1.96. The van der Waals surface area contributed by atoms with Crippen LogP contribution < -0.4 is 4.74 Å². The lowest BCUT2D eigenvalue weighted by Gasteiger charge is -2.32. The van der Waals surface area contributed by atoms with E-state index in [0.29, 0.717) is 36.3 Å². The number of rotatable bonds is 14. The van der Waals surface area contributed by atoms with Crippen molar-refractivity contribution in [1.82, 2.24) is 38.5 Å². The van der Waals surface area contributed by atoms with Crippen LogP contribution in [0.5, 0.6) is 5.75 Å². The first-order chi connectivity index (χ1) is 19.3. The lowest BCUT2D eigenvalue weighted by atomic mass is 9.99. The largest absolute Gasteiger partial charge is 0.495 e. The van der Waals surface area contributed by atoms with Gasteiger partial charge in [0.25, 0.3) is 0 Å². The van der Waals surface area contributed by atoms with Gasteiger partial charge in [0.15, 0.2) is 17.5 Å². The summed E-state index contributed by atoms with van der Waals surface area (Å²) in [6, 6.07) is 7.83. The number of imidazole rings is 3. The summed E-state index contributed by atoms with van der Waals surface area (Å²) in [5, 5.41) is 0. The van der Waals surface area contributed by atoms with Crippen LogP contribution in [0.3, 0.4) is 0 Å². The number of nitrogens with zero attached hydrogens (tertiary/aromatic N) is 8. The van der Waals surface area contributed by atoms with Gasteiger partial charge >= 0.3 is 0 Å². The highest BCUT2D eigenvalue weighted by molar-refractivity contribution is 5.49. The third-order valence-corrected chi connectivity index (χ3v) is 7.15. The van der Waals surface area contributed by atoms with Crippen molar-refractivity contribution in [1.29, 1.82) is 0 Å². The summed E-state index contributed by atoms with van der Waals surface area (Å²) in [5.41, 5.74) is 1.63. The topological polar surface area (TPSA) is 78.4 Å². The minimum Gasteiger partial charge on any atom is -0.495 e. The average molecular weight is 545 g/mol. The summed E-state index contributed by atoms with van der Waals surface area (Å²) in [7, 11) is 11.5. The molecule has 0 aliphatic carbocycles. The van der Waals surface area contributed by atoms with Crippen LogP contribution in [0.2, 0.25) is 0 Å². The molecule has 4 aromatic rings. The first-order valence-corrected chi connectivity index (χ1v) is 13.2. The maximum atomic E-state index is 6.53. The van der Waals surface area contributed by atoms with Crippen LogP contribution in [0.1, 0.15) is 28.9 Å². The van der Waals surface area contributed by atoms with Crippen molar-refractivity contribution < 1.29 is 9.47 Å². The third kappa shape index (κ3) is 5.25. The summed E-state index contributed by atoms with van der Waals surface area (Å²) in [6.45, 7) is 10.6. The number of hydrogen-bond acceptors (Lipinski definition) is 7. The van der Waals surface area contributed by atoms with Gasteiger partial charge in [-0.1, -0.05) is 24.3 Å². The fourth-order valence-electron chi connectivity index (χ4n) is 5.12. The van der Waals surface area contributed by atoms with E-state index in [9.17, 15) is 0 Å². The number of methoxy groups -OCH3 is 2. The Morgan fingerprint density at radius 1 is 0.850 bits per heavy atom. The zero-order valence-corrected chi connectivity index (χ0v) is 24.4. The van der Waals surface area contributed by atoms with Crippen LogP contribution in [-0.2, 0) is 37.5 Å². The van der Waals surface area contributed by atoms with Gasteiger partial charge in [0.2, 0.25) is 5.60 Å². The third-order valence-electron chi connectivity index (χ3n) is 7.15. The number of para-hydroxylation sites is 2. The Kier molecular flexibility index (Phi) is 9.03. The minimum atomic E-state index is -1.25. The fourth-order valence-corrected chi connectivity index (χ4v) is 5.12. The smallest absolute Gasteiger partial charge is 0.241 e. The van der Waals surface area contributed by atoms with E-state index in [0.717, 1.165) is 30.2 Å². The van der Waals surface area contributed by atoms with Gasteiger partial charge in [-0.2, -0.15) is 0 Å². The van der Waals surface area contributed by atoms with Crippen molar-refractivity contribution in [2.45, 2.75) is 18.7 Å². The maximum absolute atomic E-state index is 6.53. The summed E-state index contributed by atoms with van der Waals surface area (Å²) in [4.78, 5) is 19.1. The van der Waals surface area contributed by atoms with Gasteiger partial charge in [0.1, 0.15) is 5.75 Å². The van der Waals surface area contributed by atoms with Crippen molar-refractivity contribution in [3.8, 4) is 11.4 Å². The van der Waals surface area contributed by atoms with Crippen molar-refractivity contribution in [3.63, 3.8) is 0 Å². The van der Waals surface area contributed by atoms with Crippen LogP contribution in [0.25, 0.3) is 5.69 Å². The molecule has 0 atom stereocenters. The van der Waals surface area contributed by atoms with E-state index in [-0.39, 0.29) is 0 Å². The quantitative estimate of drug-likeness (QED) is 0.225. The zero-order valence-electron chi connectivity index (χ0n) is 24.4. The molecule has 0 unspecified atom stereocenters. The van der Waals surface area contributed by atoms with Crippen molar-refractivity contribution in [2.24, 2.45) is 14.1 Å². The van der Waals surface area contributed by atoms with E-state index >= 15 is 0 Å². The Hall–Kier alpha value is -3.99. The molecule has 0 radical (unpaired) electrons. The second kappa shape index (κ2) is 12.5. The molecule has 0 N–H and O–H groups in total. The molecule has 0 aliphatic heterocycles. The highest BCUT2D eigenvalue weighted by Gasteiger charge is 2.48. The Morgan fingerprint density at radius 3 is 1.90 bits per heavy atom. The molecule has 3 heterocycles. The molecule has 212 valence electrons. The Morgan fingerprint density at radius 2 is 1.40 bits per heavy atom. The van der Waals surface area contributed by atoms with Crippen LogP contribution in [0, 0.1) is 0 Å². The second-order valence-electron chi connectivity index (χ2n) is 9.91. The van der Waals surface area contributed by atoms with Crippen molar-refractivity contribution in [2.75, 3.05) is 41.4 Å². The van der Waals surface area contributed by atoms with Crippen LogP contribution >= 0.6 is 0 Å². The molecular formula is C30H40N8O2. The molecule has 0 bridgehead atoms. The molecule has 3 aromatic heterocycles. The number of hydrogen-bond donors (Lipinski definition) is 0. The molecule has 1 aromatic carbocycles. The first kappa shape index (κ1) is 29.0. The molecule has 0 saturated carbocycles. The Labute approximate surface area is 236 Å². The van der Waals surface area contributed by atoms with Crippen molar-refractivity contribution >= 4 is 0 Å². The van der Waals surface area contributed by atoms with Crippen molar-refractivity contribution in [3.05, 3.63) is 103 Å². The highest BCUT2D eigenvalue weighted by atomic mass is 16.5. The van der Waals surface area contributed by atoms with Crippen LogP contribution in [0.15, 0.2) is 74.4 Å². The number of ether oxygens (including phenoxy) is 2. The predicted octanol–water partition coefficient (Wildman–Crippen LogP) is 3.52. The van der Waals surface area contributed by atoms with Gasteiger partial charge in [-0.15, -0.1) is 13.2 Å². The van der Waals surface area contributed by atoms with E-state index in [4.69, 9.17) is 24.4 Å². The normalized spacial score (nSPS) is 11.9. The predicted molar refractivity (Wildman–Crippen MR) is 156 cm³/mol. The summed E-state index contributed by atoms with van der Waals surface area (Å²) in [6.07, 6.45) is 11.2. The maximum Gasteiger partial charge on any atom is 0.241 e. The standard InChI is InChI=1S/C30H40N8O2/c1-9-16-34(3)21-23-19-32-27(36(23)5)30(40-8,28-33-20-24(37(28)6)22-35(4)17-10-2)29-31-15-18-38(29)25-13-11-12-14-26(25)39-7/h9-15,18-20H,1-2,16-17,21-22H2,3-8H3. The van der Waals surface area contributed by atoms with E-state index in [1.54, 1.807) is 20.4 Å². The van der Waals surface area contributed by atoms with E-state index in [1.807, 2.05) is 73.7 Å². The van der Waals surface area contributed by atoms with E-state index in [2.05, 4.69) is 46.2 Å². The summed E-state index contributed by atoms with van der Waals surface area (Å²) in [5.74, 6) is 2.65. The van der Waals surface area contributed by atoms with E-state index < -0.39 is 5.60 Å². The van der Waals surface area contributed by atoms with Gasteiger partial charge < -0.3 is 18.6 Å². The molecule has 0 fully saturated rings. The lowest BCUT2D eigenvalue weighted by molar-refractivity contribution is 0.0295. The average Bonchev–Trinajstić information content (AvgIpc) is 3.67. The lowest BCUT2D eigenvalue weighted by Crippen LogP contribution is -2.40. The second-order valence-corrected chi connectivity index (χ2v) is 9.91. The molecule has 0 amide bonds. The molecule has 4 rings (SSSR count). The number of aromatic nitrogens is 6. The molecule has 10 nitrogen and oxygen atoms in total. The minimum absolute atomic E-state index is 0.610. The molecular weight excluding hydrogens is 504 g/mol. The number of likely N-dealkylation sites (N-methyl/N-ethyl adjacent to an activating group) is 2. The molecule has 0 spiro atoms.